The zero-order valence-corrected chi connectivity index (χ0v) is 13.3. The summed E-state index contributed by atoms with van der Waals surface area (Å²) in [6, 6.07) is 5.00. The summed E-state index contributed by atoms with van der Waals surface area (Å²) in [6.07, 6.45) is 2.41. The SMILES string of the molecule is COCCNCC1CCN(Cc2ccc(F)c(Cl)c2)CC1. The first-order valence-electron chi connectivity index (χ1n) is 7.55. The van der Waals surface area contributed by atoms with Gasteiger partial charge in [0.2, 0.25) is 0 Å². The molecule has 1 fully saturated rings. The lowest BCUT2D eigenvalue weighted by molar-refractivity contribution is 0.168. The lowest BCUT2D eigenvalue weighted by atomic mass is 9.96. The third kappa shape index (κ3) is 5.55. The minimum absolute atomic E-state index is 0.213. The molecule has 0 bridgehead atoms. The molecule has 118 valence electrons. The zero-order chi connectivity index (χ0) is 15.1. The van der Waals surface area contributed by atoms with Crippen LogP contribution in [0.5, 0.6) is 0 Å². The number of rotatable bonds is 7. The normalized spacial score (nSPS) is 17.3. The first-order chi connectivity index (χ1) is 10.2. The summed E-state index contributed by atoms with van der Waals surface area (Å²) in [5.41, 5.74) is 1.08. The number of nitrogens with zero attached hydrogens (tertiary/aromatic N) is 1. The Morgan fingerprint density at radius 2 is 2.14 bits per heavy atom. The van der Waals surface area contributed by atoms with E-state index in [1.165, 1.54) is 18.9 Å². The molecule has 3 nitrogen and oxygen atoms in total. The van der Waals surface area contributed by atoms with Crippen molar-refractivity contribution in [3.05, 3.63) is 34.6 Å². The van der Waals surface area contributed by atoms with Crippen LogP contribution < -0.4 is 5.32 Å². The Morgan fingerprint density at radius 3 is 2.81 bits per heavy atom. The van der Waals surface area contributed by atoms with Crippen LogP contribution in [0.4, 0.5) is 4.39 Å². The van der Waals surface area contributed by atoms with Crippen LogP contribution in [-0.2, 0) is 11.3 Å². The van der Waals surface area contributed by atoms with Crippen LogP contribution >= 0.6 is 11.6 Å². The van der Waals surface area contributed by atoms with Crippen molar-refractivity contribution in [2.24, 2.45) is 5.92 Å². The number of halogens is 2. The maximum atomic E-state index is 13.1. The van der Waals surface area contributed by atoms with Gasteiger partial charge < -0.3 is 10.1 Å². The predicted octanol–water partition coefficient (Wildman–Crippen LogP) is 2.93. The molecule has 0 aliphatic carbocycles. The van der Waals surface area contributed by atoms with Gasteiger partial charge in [0.1, 0.15) is 5.82 Å². The second-order valence-corrected chi connectivity index (χ2v) is 6.07. The molecule has 1 aliphatic heterocycles. The monoisotopic (exact) mass is 314 g/mol. The highest BCUT2D eigenvalue weighted by Gasteiger charge is 2.19. The molecule has 0 spiro atoms. The molecule has 0 saturated carbocycles. The fraction of sp³-hybridized carbons (Fsp3) is 0.625. The van der Waals surface area contributed by atoms with E-state index in [1.807, 2.05) is 6.07 Å². The maximum Gasteiger partial charge on any atom is 0.141 e. The third-order valence-electron chi connectivity index (χ3n) is 4.01. The standard InChI is InChI=1S/C16H24ClFN2O/c1-21-9-6-19-11-13-4-7-20(8-5-13)12-14-2-3-16(18)15(17)10-14/h2-3,10,13,19H,4-9,11-12H2,1H3. The fourth-order valence-electron chi connectivity index (χ4n) is 2.73. The Hall–Kier alpha value is -0.680. The summed E-state index contributed by atoms with van der Waals surface area (Å²) in [5.74, 6) is 0.399. The van der Waals surface area contributed by atoms with Crippen LogP contribution in [-0.4, -0.2) is 44.8 Å². The average molecular weight is 315 g/mol. The van der Waals surface area contributed by atoms with Crippen molar-refractivity contribution in [2.45, 2.75) is 19.4 Å². The second-order valence-electron chi connectivity index (χ2n) is 5.66. The van der Waals surface area contributed by atoms with E-state index in [-0.39, 0.29) is 10.8 Å². The van der Waals surface area contributed by atoms with Gasteiger partial charge in [-0.2, -0.15) is 0 Å². The molecule has 5 heteroatoms. The van der Waals surface area contributed by atoms with Crippen LogP contribution in [0, 0.1) is 11.7 Å². The molecule has 1 N–H and O–H groups in total. The maximum absolute atomic E-state index is 13.1. The predicted molar refractivity (Wildman–Crippen MR) is 84.2 cm³/mol. The van der Waals surface area contributed by atoms with Crippen LogP contribution in [0.25, 0.3) is 0 Å². The molecule has 1 aromatic carbocycles. The highest BCUT2D eigenvalue weighted by atomic mass is 35.5. The Morgan fingerprint density at radius 1 is 1.38 bits per heavy atom. The van der Waals surface area contributed by atoms with Gasteiger partial charge in [-0.05, 0) is 56.1 Å². The molecular weight excluding hydrogens is 291 g/mol. The van der Waals surface area contributed by atoms with Crippen LogP contribution in [0.15, 0.2) is 18.2 Å². The van der Waals surface area contributed by atoms with Gasteiger partial charge in [-0.25, -0.2) is 4.39 Å². The lowest BCUT2D eigenvalue weighted by Gasteiger charge is -2.32. The fourth-order valence-corrected chi connectivity index (χ4v) is 2.93. The molecule has 0 amide bonds. The summed E-state index contributed by atoms with van der Waals surface area (Å²) in [7, 11) is 1.72. The first-order valence-corrected chi connectivity index (χ1v) is 7.92. The molecule has 0 unspecified atom stereocenters. The van der Waals surface area contributed by atoms with Gasteiger partial charge in [0.05, 0.1) is 11.6 Å². The molecule has 1 saturated heterocycles. The number of benzene rings is 1. The number of methoxy groups -OCH3 is 1. The number of nitrogens with one attached hydrogen (secondary N) is 1. The summed E-state index contributed by atoms with van der Waals surface area (Å²) >= 11 is 5.83. The van der Waals surface area contributed by atoms with E-state index in [0.717, 1.165) is 50.8 Å². The Bertz CT molecular complexity index is 436. The molecule has 1 aromatic rings. The van der Waals surface area contributed by atoms with E-state index in [0.29, 0.717) is 0 Å². The number of likely N-dealkylation sites (tertiary alicyclic amines) is 1. The highest BCUT2D eigenvalue weighted by molar-refractivity contribution is 6.30. The Balaban J connectivity index is 1.70. The topological polar surface area (TPSA) is 24.5 Å². The number of piperidine rings is 1. The van der Waals surface area contributed by atoms with Crippen LogP contribution in [0.3, 0.4) is 0 Å². The van der Waals surface area contributed by atoms with Gasteiger partial charge in [0.25, 0.3) is 0 Å². The van der Waals surface area contributed by atoms with E-state index in [9.17, 15) is 4.39 Å². The molecule has 1 heterocycles. The van der Waals surface area contributed by atoms with Crippen molar-refractivity contribution in [3.63, 3.8) is 0 Å². The van der Waals surface area contributed by atoms with E-state index < -0.39 is 0 Å². The quantitative estimate of drug-likeness (QED) is 0.783. The molecular formula is C16H24ClFN2O. The van der Waals surface area contributed by atoms with Gasteiger partial charge >= 0.3 is 0 Å². The van der Waals surface area contributed by atoms with E-state index in [2.05, 4.69) is 10.2 Å². The second kappa shape index (κ2) is 8.69. The summed E-state index contributed by atoms with van der Waals surface area (Å²) in [6.45, 7) is 5.79. The summed E-state index contributed by atoms with van der Waals surface area (Å²) in [5, 5.41) is 3.64. The van der Waals surface area contributed by atoms with Crippen molar-refractivity contribution >= 4 is 11.6 Å². The van der Waals surface area contributed by atoms with Gasteiger partial charge in [0, 0.05) is 20.2 Å². The number of ether oxygens (including phenoxy) is 1. The van der Waals surface area contributed by atoms with Crippen molar-refractivity contribution in [1.29, 1.82) is 0 Å². The molecule has 2 rings (SSSR count). The van der Waals surface area contributed by atoms with Crippen molar-refractivity contribution in [2.75, 3.05) is 39.9 Å². The highest BCUT2D eigenvalue weighted by Crippen LogP contribution is 2.21. The van der Waals surface area contributed by atoms with E-state index in [1.54, 1.807) is 13.2 Å². The minimum Gasteiger partial charge on any atom is -0.383 e. The van der Waals surface area contributed by atoms with Crippen molar-refractivity contribution in [3.8, 4) is 0 Å². The van der Waals surface area contributed by atoms with Crippen molar-refractivity contribution < 1.29 is 9.13 Å². The lowest BCUT2D eigenvalue weighted by Crippen LogP contribution is -2.37. The van der Waals surface area contributed by atoms with Crippen molar-refractivity contribution in [1.82, 2.24) is 10.2 Å². The smallest absolute Gasteiger partial charge is 0.141 e. The summed E-state index contributed by atoms with van der Waals surface area (Å²) < 4.78 is 18.2. The Labute approximate surface area is 131 Å². The average Bonchev–Trinajstić information content (AvgIpc) is 2.49. The molecule has 1 aliphatic rings. The Kier molecular flexibility index (Phi) is 6.90. The first kappa shape index (κ1) is 16.7. The van der Waals surface area contributed by atoms with E-state index >= 15 is 0 Å². The van der Waals surface area contributed by atoms with Gasteiger partial charge in [-0.3, -0.25) is 4.90 Å². The molecule has 0 aromatic heterocycles. The van der Waals surface area contributed by atoms with Crippen LogP contribution in [0.2, 0.25) is 5.02 Å². The van der Waals surface area contributed by atoms with Crippen LogP contribution in [0.1, 0.15) is 18.4 Å². The molecule has 0 radical (unpaired) electrons. The minimum atomic E-state index is -0.346. The number of hydrogen-bond acceptors (Lipinski definition) is 3. The summed E-state index contributed by atoms with van der Waals surface area (Å²) in [4.78, 5) is 2.41. The van der Waals surface area contributed by atoms with Gasteiger partial charge in [-0.1, -0.05) is 17.7 Å². The molecule has 0 atom stereocenters. The van der Waals surface area contributed by atoms with Gasteiger partial charge in [0.15, 0.2) is 0 Å². The number of hydrogen-bond donors (Lipinski definition) is 1. The van der Waals surface area contributed by atoms with Gasteiger partial charge in [-0.15, -0.1) is 0 Å². The largest absolute Gasteiger partial charge is 0.383 e. The van der Waals surface area contributed by atoms with E-state index in [4.69, 9.17) is 16.3 Å². The zero-order valence-electron chi connectivity index (χ0n) is 12.6. The molecule has 21 heavy (non-hydrogen) atoms. The third-order valence-corrected chi connectivity index (χ3v) is 4.30.